The second kappa shape index (κ2) is 5.31. The van der Waals surface area contributed by atoms with Gasteiger partial charge in [-0.3, -0.25) is 4.90 Å². The highest BCUT2D eigenvalue weighted by atomic mass is 15.2. The monoisotopic (exact) mass is 210 g/mol. The van der Waals surface area contributed by atoms with Crippen molar-refractivity contribution < 1.29 is 0 Å². The smallest absolute Gasteiger partial charge is 0.0247 e. The lowest BCUT2D eigenvalue weighted by molar-refractivity contribution is 0.145. The van der Waals surface area contributed by atoms with Gasteiger partial charge in [0.25, 0.3) is 0 Å². The molecule has 0 radical (unpaired) electrons. The Morgan fingerprint density at radius 1 is 0.867 bits per heavy atom. The van der Waals surface area contributed by atoms with Crippen LogP contribution < -0.4 is 5.73 Å². The van der Waals surface area contributed by atoms with Gasteiger partial charge in [-0.05, 0) is 32.7 Å². The fourth-order valence-electron chi connectivity index (χ4n) is 3.40. The van der Waals surface area contributed by atoms with E-state index < -0.39 is 0 Å². The van der Waals surface area contributed by atoms with Crippen molar-refractivity contribution in [2.75, 3.05) is 7.05 Å². The molecule has 2 unspecified atom stereocenters. The van der Waals surface area contributed by atoms with E-state index in [1.807, 2.05) is 0 Å². The van der Waals surface area contributed by atoms with Crippen molar-refractivity contribution in [3.63, 3.8) is 0 Å². The molecule has 0 aromatic carbocycles. The second-order valence-corrected chi connectivity index (χ2v) is 5.47. The summed E-state index contributed by atoms with van der Waals surface area (Å²) in [6, 6.07) is 1.92. The number of rotatable bonds is 2. The van der Waals surface area contributed by atoms with E-state index in [0.29, 0.717) is 12.1 Å². The van der Waals surface area contributed by atoms with Crippen LogP contribution >= 0.6 is 0 Å². The molecule has 0 aromatic heterocycles. The Morgan fingerprint density at radius 3 is 2.20 bits per heavy atom. The predicted molar refractivity (Wildman–Crippen MR) is 64.9 cm³/mol. The van der Waals surface area contributed by atoms with Gasteiger partial charge >= 0.3 is 0 Å². The van der Waals surface area contributed by atoms with E-state index in [-0.39, 0.29) is 0 Å². The number of hydrogen-bond acceptors (Lipinski definition) is 2. The summed E-state index contributed by atoms with van der Waals surface area (Å²) in [7, 11) is 2.31. The highest BCUT2D eigenvalue weighted by Crippen LogP contribution is 2.28. The van der Waals surface area contributed by atoms with Gasteiger partial charge in [0.2, 0.25) is 0 Å². The molecule has 2 aliphatic carbocycles. The molecule has 2 rings (SSSR count). The van der Waals surface area contributed by atoms with Crippen LogP contribution in [0.4, 0.5) is 0 Å². The first-order chi connectivity index (χ1) is 7.29. The third-order valence-corrected chi connectivity index (χ3v) is 4.46. The predicted octanol–water partition coefficient (Wildman–Crippen LogP) is 2.52. The van der Waals surface area contributed by atoms with Gasteiger partial charge < -0.3 is 5.73 Å². The zero-order chi connectivity index (χ0) is 10.7. The third kappa shape index (κ3) is 2.73. The molecule has 0 heterocycles. The fourth-order valence-corrected chi connectivity index (χ4v) is 3.40. The van der Waals surface area contributed by atoms with E-state index in [1.54, 1.807) is 0 Å². The molecule has 2 aliphatic rings. The first-order valence-corrected chi connectivity index (χ1v) is 6.76. The summed E-state index contributed by atoms with van der Waals surface area (Å²) in [5.74, 6) is 0. The van der Waals surface area contributed by atoms with Crippen LogP contribution in [0.15, 0.2) is 0 Å². The first kappa shape index (κ1) is 11.4. The number of nitrogens with zero attached hydrogens (tertiary/aromatic N) is 1. The summed E-state index contributed by atoms with van der Waals surface area (Å²) in [5, 5.41) is 0. The average molecular weight is 210 g/mol. The maximum atomic E-state index is 6.31. The molecule has 0 bridgehead atoms. The molecule has 0 aromatic rings. The zero-order valence-electron chi connectivity index (χ0n) is 10.1. The lowest BCUT2D eigenvalue weighted by Gasteiger charge is -2.35. The molecule has 15 heavy (non-hydrogen) atoms. The highest BCUT2D eigenvalue weighted by Gasteiger charge is 2.29. The molecule has 2 nitrogen and oxygen atoms in total. The Kier molecular flexibility index (Phi) is 4.04. The summed E-state index contributed by atoms with van der Waals surface area (Å²) < 4.78 is 0. The quantitative estimate of drug-likeness (QED) is 0.710. The van der Waals surface area contributed by atoms with E-state index in [0.717, 1.165) is 6.04 Å². The summed E-state index contributed by atoms with van der Waals surface area (Å²) in [4.78, 5) is 2.61. The first-order valence-electron chi connectivity index (χ1n) is 6.76. The standard InChI is InChI=1S/C13H26N2/c1-15(11-7-5-6-8-11)13-10-4-2-3-9-12(13)14/h11-13H,2-10,14H2,1H3. The van der Waals surface area contributed by atoms with Crippen LogP contribution in [0.25, 0.3) is 0 Å². The van der Waals surface area contributed by atoms with Crippen LogP contribution in [0.1, 0.15) is 57.8 Å². The van der Waals surface area contributed by atoms with Crippen LogP contribution in [0.5, 0.6) is 0 Å². The lowest BCUT2D eigenvalue weighted by Crippen LogP contribution is -2.48. The van der Waals surface area contributed by atoms with E-state index in [2.05, 4.69) is 11.9 Å². The molecular formula is C13H26N2. The van der Waals surface area contributed by atoms with Gasteiger partial charge in [0.15, 0.2) is 0 Å². The Labute approximate surface area is 94.2 Å². The normalized spacial score (nSPS) is 34.6. The summed E-state index contributed by atoms with van der Waals surface area (Å²) >= 11 is 0. The van der Waals surface area contributed by atoms with Crippen molar-refractivity contribution in [3.05, 3.63) is 0 Å². The van der Waals surface area contributed by atoms with Gasteiger partial charge in [0, 0.05) is 18.1 Å². The van der Waals surface area contributed by atoms with E-state index in [1.165, 1.54) is 57.8 Å². The molecule has 88 valence electrons. The Bertz CT molecular complexity index is 187. The molecule has 0 amide bonds. The van der Waals surface area contributed by atoms with Gasteiger partial charge in [-0.25, -0.2) is 0 Å². The van der Waals surface area contributed by atoms with Gasteiger partial charge in [-0.1, -0.05) is 32.1 Å². The van der Waals surface area contributed by atoms with Crippen molar-refractivity contribution in [3.8, 4) is 0 Å². The maximum Gasteiger partial charge on any atom is 0.0247 e. The Balaban J connectivity index is 1.93. The number of likely N-dealkylation sites (N-methyl/N-ethyl adjacent to an activating group) is 1. The summed E-state index contributed by atoms with van der Waals surface area (Å²) in [5.41, 5.74) is 6.31. The van der Waals surface area contributed by atoms with Gasteiger partial charge in [0.05, 0.1) is 0 Å². The van der Waals surface area contributed by atoms with Gasteiger partial charge in [0.1, 0.15) is 0 Å². The van der Waals surface area contributed by atoms with Crippen LogP contribution in [-0.2, 0) is 0 Å². The van der Waals surface area contributed by atoms with Gasteiger partial charge in [-0.15, -0.1) is 0 Å². The molecule has 0 spiro atoms. The molecular weight excluding hydrogens is 184 g/mol. The van der Waals surface area contributed by atoms with E-state index >= 15 is 0 Å². The maximum absolute atomic E-state index is 6.31. The number of nitrogens with two attached hydrogens (primary N) is 1. The molecule has 2 saturated carbocycles. The van der Waals surface area contributed by atoms with Gasteiger partial charge in [-0.2, -0.15) is 0 Å². The summed E-state index contributed by atoms with van der Waals surface area (Å²) in [6.45, 7) is 0. The zero-order valence-corrected chi connectivity index (χ0v) is 10.1. The van der Waals surface area contributed by atoms with Crippen LogP contribution in [0.2, 0.25) is 0 Å². The van der Waals surface area contributed by atoms with Crippen molar-refractivity contribution in [1.82, 2.24) is 4.90 Å². The summed E-state index contributed by atoms with van der Waals surface area (Å²) in [6.07, 6.45) is 12.3. The molecule has 2 N–H and O–H groups in total. The molecule has 0 saturated heterocycles. The molecule has 2 atom stereocenters. The van der Waals surface area contributed by atoms with Crippen molar-refractivity contribution in [1.29, 1.82) is 0 Å². The Hall–Kier alpha value is -0.0800. The molecule has 2 fully saturated rings. The highest BCUT2D eigenvalue weighted by molar-refractivity contribution is 4.88. The largest absolute Gasteiger partial charge is 0.326 e. The topological polar surface area (TPSA) is 29.3 Å². The molecule has 0 aliphatic heterocycles. The lowest BCUT2D eigenvalue weighted by atomic mass is 10.0. The average Bonchev–Trinajstić information content (AvgIpc) is 2.68. The number of hydrogen-bond donors (Lipinski definition) is 1. The Morgan fingerprint density at radius 2 is 1.47 bits per heavy atom. The van der Waals surface area contributed by atoms with Crippen LogP contribution in [-0.4, -0.2) is 30.1 Å². The van der Waals surface area contributed by atoms with Crippen molar-refractivity contribution >= 4 is 0 Å². The van der Waals surface area contributed by atoms with E-state index in [9.17, 15) is 0 Å². The SMILES string of the molecule is CN(C1CCCC1)C1CCCCCC1N. The van der Waals surface area contributed by atoms with Crippen molar-refractivity contribution in [2.45, 2.75) is 75.9 Å². The van der Waals surface area contributed by atoms with Crippen LogP contribution in [0.3, 0.4) is 0 Å². The minimum Gasteiger partial charge on any atom is -0.326 e. The third-order valence-electron chi connectivity index (χ3n) is 4.46. The fraction of sp³-hybridized carbons (Fsp3) is 1.00. The van der Waals surface area contributed by atoms with Crippen molar-refractivity contribution in [2.24, 2.45) is 5.73 Å². The second-order valence-electron chi connectivity index (χ2n) is 5.47. The van der Waals surface area contributed by atoms with E-state index in [4.69, 9.17) is 5.73 Å². The minimum atomic E-state index is 0.429. The van der Waals surface area contributed by atoms with Crippen LogP contribution in [0, 0.1) is 0 Å². The minimum absolute atomic E-state index is 0.429. The molecule has 2 heteroatoms.